The van der Waals surface area contributed by atoms with E-state index in [0.29, 0.717) is 0 Å². The third kappa shape index (κ3) is 5.45. The average Bonchev–Trinajstić information content (AvgIpc) is 2.57. The monoisotopic (exact) mass is 319 g/mol. The van der Waals surface area contributed by atoms with Gasteiger partial charge in [0.1, 0.15) is 6.10 Å². The Morgan fingerprint density at radius 3 is 1.68 bits per heavy atom. The summed E-state index contributed by atoms with van der Waals surface area (Å²) < 4.78 is 6.21. The van der Waals surface area contributed by atoms with E-state index in [0.717, 1.165) is 26.2 Å². The Morgan fingerprint density at radius 2 is 1.27 bits per heavy atom. The molecule has 2 aromatic rings. The molecule has 3 heteroatoms. The molecular weight excluding hydrogens is 294 g/mol. The molecule has 0 unspecified atom stereocenters. The predicted molar refractivity (Wildman–Crippen MR) is 95.7 cm³/mol. The Hall–Kier alpha value is -1.35. The van der Waals surface area contributed by atoms with E-state index < -0.39 is 0 Å². The van der Waals surface area contributed by atoms with Crippen molar-refractivity contribution in [2.24, 2.45) is 0 Å². The van der Waals surface area contributed by atoms with Crippen molar-refractivity contribution < 1.29 is 4.74 Å². The van der Waals surface area contributed by atoms with Crippen LogP contribution in [0, 0.1) is 0 Å². The summed E-state index contributed by atoms with van der Waals surface area (Å²) >= 11 is 0. The number of ether oxygens (including phenoxy) is 1. The summed E-state index contributed by atoms with van der Waals surface area (Å²) in [7, 11) is 0. The van der Waals surface area contributed by atoms with Gasteiger partial charge in [-0.15, -0.1) is 12.4 Å². The summed E-state index contributed by atoms with van der Waals surface area (Å²) in [5.74, 6) is 0. The second-order valence-corrected chi connectivity index (χ2v) is 5.10. The molecule has 2 nitrogen and oxygen atoms in total. The minimum absolute atomic E-state index is 0. The number of likely N-dealkylation sites (N-methyl/N-ethyl adjacent to an activating group) is 1. The van der Waals surface area contributed by atoms with Crippen LogP contribution in [0.5, 0.6) is 0 Å². The normalized spacial score (nSPS) is 10.7. The van der Waals surface area contributed by atoms with Crippen LogP contribution in [0.2, 0.25) is 0 Å². The summed E-state index contributed by atoms with van der Waals surface area (Å²) in [5, 5.41) is 0. The molecule has 22 heavy (non-hydrogen) atoms. The molecule has 0 heterocycles. The first kappa shape index (κ1) is 18.7. The van der Waals surface area contributed by atoms with E-state index in [1.165, 1.54) is 11.1 Å². The molecule has 2 aromatic carbocycles. The number of benzene rings is 2. The topological polar surface area (TPSA) is 12.5 Å². The van der Waals surface area contributed by atoms with Crippen molar-refractivity contribution in [3.63, 3.8) is 0 Å². The zero-order chi connectivity index (χ0) is 14.9. The second-order valence-electron chi connectivity index (χ2n) is 5.10. The fraction of sp³-hybridized carbons (Fsp3) is 0.368. The number of hydrogen-bond donors (Lipinski definition) is 0. The van der Waals surface area contributed by atoms with Crippen molar-refractivity contribution in [3.05, 3.63) is 71.8 Å². The van der Waals surface area contributed by atoms with E-state index in [1.54, 1.807) is 0 Å². The maximum Gasteiger partial charge on any atom is 0.108 e. The van der Waals surface area contributed by atoms with E-state index in [9.17, 15) is 0 Å². The molecule has 0 N–H and O–H groups in total. The lowest BCUT2D eigenvalue weighted by Crippen LogP contribution is -2.27. The zero-order valence-corrected chi connectivity index (χ0v) is 14.3. The largest absolute Gasteiger partial charge is 0.367 e. The Bertz CT molecular complexity index is 460. The molecule has 0 aliphatic heterocycles. The average molecular weight is 320 g/mol. The molecule has 0 fully saturated rings. The SMILES string of the molecule is CCN(CC)CCOC(c1ccccc1)c1ccccc1.Cl. The lowest BCUT2D eigenvalue weighted by atomic mass is 10.0. The first-order valence-electron chi connectivity index (χ1n) is 7.79. The van der Waals surface area contributed by atoms with Gasteiger partial charge in [-0.25, -0.2) is 0 Å². The summed E-state index contributed by atoms with van der Waals surface area (Å²) in [5.41, 5.74) is 2.42. The highest BCUT2D eigenvalue weighted by Crippen LogP contribution is 2.25. The lowest BCUT2D eigenvalue weighted by molar-refractivity contribution is 0.0619. The van der Waals surface area contributed by atoms with Crippen molar-refractivity contribution in [2.75, 3.05) is 26.2 Å². The summed E-state index contributed by atoms with van der Waals surface area (Å²) in [4.78, 5) is 2.38. The van der Waals surface area contributed by atoms with E-state index in [2.05, 4.69) is 67.3 Å². The highest BCUT2D eigenvalue weighted by molar-refractivity contribution is 5.85. The van der Waals surface area contributed by atoms with Crippen LogP contribution >= 0.6 is 12.4 Å². The van der Waals surface area contributed by atoms with Crippen LogP contribution in [-0.4, -0.2) is 31.1 Å². The molecule has 0 saturated heterocycles. The van der Waals surface area contributed by atoms with Gasteiger partial charge in [-0.05, 0) is 24.2 Å². The summed E-state index contributed by atoms with van der Waals surface area (Å²) in [6, 6.07) is 20.9. The number of rotatable bonds is 8. The van der Waals surface area contributed by atoms with E-state index in [1.807, 2.05) is 12.1 Å². The molecule has 0 radical (unpaired) electrons. The maximum absolute atomic E-state index is 6.21. The minimum Gasteiger partial charge on any atom is -0.367 e. The standard InChI is InChI=1S/C19H25NO.ClH/c1-3-20(4-2)15-16-21-19(17-11-7-5-8-12-17)18-13-9-6-10-14-18;/h5-14,19H,3-4,15-16H2,1-2H3;1H. The summed E-state index contributed by atoms with van der Waals surface area (Å²) in [6.07, 6.45) is 0.0166. The summed E-state index contributed by atoms with van der Waals surface area (Å²) in [6.45, 7) is 8.24. The van der Waals surface area contributed by atoms with Gasteiger partial charge in [-0.1, -0.05) is 74.5 Å². The molecule has 0 amide bonds. The fourth-order valence-corrected chi connectivity index (χ4v) is 2.48. The zero-order valence-electron chi connectivity index (χ0n) is 13.4. The third-order valence-electron chi connectivity index (χ3n) is 3.79. The molecule has 2 rings (SSSR count). The molecule has 0 aliphatic rings. The van der Waals surface area contributed by atoms with E-state index >= 15 is 0 Å². The van der Waals surface area contributed by atoms with Crippen LogP contribution in [0.25, 0.3) is 0 Å². The molecular formula is C19H26ClNO. The Kier molecular flexibility index (Phi) is 8.83. The van der Waals surface area contributed by atoms with Gasteiger partial charge in [0.05, 0.1) is 6.61 Å². The van der Waals surface area contributed by atoms with Gasteiger partial charge in [-0.2, -0.15) is 0 Å². The van der Waals surface area contributed by atoms with Gasteiger partial charge in [-0.3, -0.25) is 0 Å². The number of hydrogen-bond acceptors (Lipinski definition) is 2. The Morgan fingerprint density at radius 1 is 0.818 bits per heavy atom. The van der Waals surface area contributed by atoms with Crippen LogP contribution in [0.3, 0.4) is 0 Å². The van der Waals surface area contributed by atoms with Crippen LogP contribution in [0.15, 0.2) is 60.7 Å². The first-order chi connectivity index (χ1) is 10.3. The van der Waals surface area contributed by atoms with Gasteiger partial charge in [0.2, 0.25) is 0 Å². The molecule has 0 atom stereocenters. The van der Waals surface area contributed by atoms with Gasteiger partial charge in [0.15, 0.2) is 0 Å². The minimum atomic E-state index is 0. The van der Waals surface area contributed by atoms with Gasteiger partial charge in [0, 0.05) is 6.54 Å². The van der Waals surface area contributed by atoms with Gasteiger partial charge >= 0.3 is 0 Å². The Labute approximate surface area is 140 Å². The Balaban J connectivity index is 0.00000242. The van der Waals surface area contributed by atoms with Crippen molar-refractivity contribution in [1.29, 1.82) is 0 Å². The van der Waals surface area contributed by atoms with E-state index in [4.69, 9.17) is 4.74 Å². The third-order valence-corrected chi connectivity index (χ3v) is 3.79. The molecule has 0 aromatic heterocycles. The van der Waals surface area contributed by atoms with Crippen LogP contribution in [-0.2, 0) is 4.74 Å². The van der Waals surface area contributed by atoms with Crippen molar-refractivity contribution in [2.45, 2.75) is 20.0 Å². The van der Waals surface area contributed by atoms with Crippen LogP contribution < -0.4 is 0 Å². The number of halogens is 1. The van der Waals surface area contributed by atoms with Crippen molar-refractivity contribution in [1.82, 2.24) is 4.90 Å². The van der Waals surface area contributed by atoms with Gasteiger partial charge in [0.25, 0.3) is 0 Å². The highest BCUT2D eigenvalue weighted by atomic mass is 35.5. The molecule has 0 bridgehead atoms. The molecule has 0 aliphatic carbocycles. The van der Waals surface area contributed by atoms with Crippen LogP contribution in [0.4, 0.5) is 0 Å². The molecule has 0 spiro atoms. The number of nitrogens with zero attached hydrogens (tertiary/aromatic N) is 1. The lowest BCUT2D eigenvalue weighted by Gasteiger charge is -2.22. The first-order valence-corrected chi connectivity index (χ1v) is 7.79. The van der Waals surface area contributed by atoms with Crippen molar-refractivity contribution >= 4 is 12.4 Å². The van der Waals surface area contributed by atoms with Crippen molar-refractivity contribution in [3.8, 4) is 0 Å². The van der Waals surface area contributed by atoms with Crippen LogP contribution in [0.1, 0.15) is 31.1 Å². The highest BCUT2D eigenvalue weighted by Gasteiger charge is 2.14. The molecule has 120 valence electrons. The predicted octanol–water partition coefficient (Wildman–Crippen LogP) is 4.56. The second kappa shape index (κ2) is 10.4. The van der Waals surface area contributed by atoms with Gasteiger partial charge < -0.3 is 9.64 Å². The quantitative estimate of drug-likeness (QED) is 0.707. The smallest absolute Gasteiger partial charge is 0.108 e. The molecule has 0 saturated carbocycles. The maximum atomic E-state index is 6.21. The fourth-order valence-electron chi connectivity index (χ4n) is 2.48. The van der Waals surface area contributed by atoms with E-state index in [-0.39, 0.29) is 18.5 Å².